The third-order valence-electron chi connectivity index (χ3n) is 5.37. The maximum absolute atomic E-state index is 12.5. The number of nitrogens with zero attached hydrogens (tertiary/aromatic N) is 1. The molecule has 1 N–H and O–H groups in total. The molecule has 0 spiro atoms. The third kappa shape index (κ3) is 2.40. The summed E-state index contributed by atoms with van der Waals surface area (Å²) >= 11 is 0. The molecule has 0 saturated carbocycles. The Balaban J connectivity index is 1.57. The van der Waals surface area contributed by atoms with E-state index in [9.17, 15) is 4.79 Å². The Labute approximate surface area is 115 Å². The minimum Gasteiger partial charge on any atom is -0.378 e. The number of ether oxygens (including phenoxy) is 1. The van der Waals surface area contributed by atoms with Gasteiger partial charge in [0.15, 0.2) is 0 Å². The molecule has 0 bridgehead atoms. The summed E-state index contributed by atoms with van der Waals surface area (Å²) in [7, 11) is 0. The quantitative estimate of drug-likeness (QED) is 0.839. The molecule has 3 aliphatic heterocycles. The first-order valence-corrected chi connectivity index (χ1v) is 7.72. The van der Waals surface area contributed by atoms with Crippen LogP contribution in [0.2, 0.25) is 0 Å². The van der Waals surface area contributed by atoms with Crippen LogP contribution in [0, 0.1) is 11.8 Å². The third-order valence-corrected chi connectivity index (χ3v) is 5.37. The van der Waals surface area contributed by atoms with Gasteiger partial charge in [0.05, 0.1) is 6.10 Å². The standard InChI is InChI=1S/C15H26N2O2/c1-15(2)13-9-16-8-11(13)10-17(15)14(18)6-5-12-4-3-7-19-12/h11-13,16H,3-10H2,1-2H3. The zero-order chi connectivity index (χ0) is 13.5. The fourth-order valence-corrected chi connectivity index (χ4v) is 4.14. The van der Waals surface area contributed by atoms with E-state index in [2.05, 4.69) is 24.1 Å². The molecule has 3 rings (SSSR count). The van der Waals surface area contributed by atoms with Crippen molar-refractivity contribution in [1.82, 2.24) is 10.2 Å². The maximum atomic E-state index is 12.5. The Kier molecular flexibility index (Phi) is 3.56. The lowest BCUT2D eigenvalue weighted by molar-refractivity contribution is -0.135. The molecular weight excluding hydrogens is 240 g/mol. The SMILES string of the molecule is CC1(C)C2CNCC2CN1C(=O)CCC1CCCO1. The number of carbonyl (C=O) groups excluding carboxylic acids is 1. The van der Waals surface area contributed by atoms with Crippen LogP contribution in [0.15, 0.2) is 0 Å². The molecule has 108 valence electrons. The summed E-state index contributed by atoms with van der Waals surface area (Å²) in [6, 6.07) is 0. The van der Waals surface area contributed by atoms with Crippen LogP contribution in [-0.2, 0) is 9.53 Å². The first-order valence-electron chi connectivity index (χ1n) is 7.72. The number of carbonyl (C=O) groups is 1. The molecule has 0 aliphatic carbocycles. The van der Waals surface area contributed by atoms with Crippen molar-refractivity contribution in [3.05, 3.63) is 0 Å². The van der Waals surface area contributed by atoms with Gasteiger partial charge < -0.3 is 15.0 Å². The number of fused-ring (bicyclic) bond motifs is 1. The van der Waals surface area contributed by atoms with Gasteiger partial charge in [-0.1, -0.05) is 0 Å². The second-order valence-corrected chi connectivity index (χ2v) is 6.86. The lowest BCUT2D eigenvalue weighted by Gasteiger charge is -2.36. The lowest BCUT2D eigenvalue weighted by Crippen LogP contribution is -2.47. The van der Waals surface area contributed by atoms with Gasteiger partial charge in [-0.05, 0) is 44.9 Å². The second-order valence-electron chi connectivity index (χ2n) is 6.86. The Hall–Kier alpha value is -0.610. The normalized spacial score (nSPS) is 36.7. The highest BCUT2D eigenvalue weighted by atomic mass is 16.5. The largest absolute Gasteiger partial charge is 0.378 e. The average Bonchev–Trinajstić information content (AvgIpc) is 3.06. The molecule has 19 heavy (non-hydrogen) atoms. The zero-order valence-corrected chi connectivity index (χ0v) is 12.2. The number of hydrogen-bond donors (Lipinski definition) is 1. The van der Waals surface area contributed by atoms with Gasteiger partial charge in [-0.25, -0.2) is 0 Å². The summed E-state index contributed by atoms with van der Waals surface area (Å²) in [5.74, 6) is 1.61. The van der Waals surface area contributed by atoms with Crippen LogP contribution in [0.25, 0.3) is 0 Å². The minimum absolute atomic E-state index is 0.0157. The van der Waals surface area contributed by atoms with E-state index in [0.29, 0.717) is 30.3 Å². The van der Waals surface area contributed by atoms with E-state index < -0.39 is 0 Å². The molecule has 1 amide bonds. The summed E-state index contributed by atoms with van der Waals surface area (Å²) in [6.07, 6.45) is 4.17. The first-order chi connectivity index (χ1) is 9.09. The highest BCUT2D eigenvalue weighted by Gasteiger charge is 2.50. The topological polar surface area (TPSA) is 41.6 Å². The molecule has 0 aromatic rings. The van der Waals surface area contributed by atoms with Crippen LogP contribution in [-0.4, -0.2) is 48.7 Å². The van der Waals surface area contributed by atoms with Crippen LogP contribution in [0.1, 0.15) is 39.5 Å². The Morgan fingerprint density at radius 2 is 2.26 bits per heavy atom. The monoisotopic (exact) mass is 266 g/mol. The number of amides is 1. The van der Waals surface area contributed by atoms with Crippen LogP contribution >= 0.6 is 0 Å². The number of rotatable bonds is 3. The summed E-state index contributed by atoms with van der Waals surface area (Å²) < 4.78 is 5.61. The molecular formula is C15H26N2O2. The zero-order valence-electron chi connectivity index (χ0n) is 12.2. The van der Waals surface area contributed by atoms with Gasteiger partial charge in [0.25, 0.3) is 0 Å². The van der Waals surface area contributed by atoms with Gasteiger partial charge in [0, 0.05) is 38.2 Å². The van der Waals surface area contributed by atoms with Gasteiger partial charge in [0.1, 0.15) is 0 Å². The highest BCUT2D eigenvalue weighted by Crippen LogP contribution is 2.41. The van der Waals surface area contributed by atoms with E-state index in [4.69, 9.17) is 4.74 Å². The van der Waals surface area contributed by atoms with Gasteiger partial charge in [-0.3, -0.25) is 4.79 Å². The molecule has 0 radical (unpaired) electrons. The van der Waals surface area contributed by atoms with E-state index in [0.717, 1.165) is 45.5 Å². The van der Waals surface area contributed by atoms with Gasteiger partial charge in [-0.2, -0.15) is 0 Å². The summed E-state index contributed by atoms with van der Waals surface area (Å²) in [5, 5.41) is 3.46. The molecule has 0 aromatic heterocycles. The Morgan fingerprint density at radius 3 is 2.95 bits per heavy atom. The minimum atomic E-state index is 0.0157. The van der Waals surface area contributed by atoms with Crippen LogP contribution in [0.4, 0.5) is 0 Å². The molecule has 4 heteroatoms. The van der Waals surface area contributed by atoms with Gasteiger partial charge >= 0.3 is 0 Å². The van der Waals surface area contributed by atoms with E-state index in [1.807, 2.05) is 0 Å². The van der Waals surface area contributed by atoms with E-state index in [1.165, 1.54) is 0 Å². The maximum Gasteiger partial charge on any atom is 0.223 e. The molecule has 3 aliphatic rings. The van der Waals surface area contributed by atoms with Gasteiger partial charge in [-0.15, -0.1) is 0 Å². The molecule has 0 aromatic carbocycles. The molecule has 3 unspecified atom stereocenters. The van der Waals surface area contributed by atoms with Crippen molar-refractivity contribution in [2.75, 3.05) is 26.2 Å². The Morgan fingerprint density at radius 1 is 1.42 bits per heavy atom. The van der Waals surface area contributed by atoms with E-state index in [1.54, 1.807) is 0 Å². The molecule has 3 fully saturated rings. The lowest BCUT2D eigenvalue weighted by atomic mass is 9.85. The van der Waals surface area contributed by atoms with Crippen molar-refractivity contribution in [3.63, 3.8) is 0 Å². The van der Waals surface area contributed by atoms with Crippen molar-refractivity contribution in [1.29, 1.82) is 0 Å². The van der Waals surface area contributed by atoms with Crippen molar-refractivity contribution >= 4 is 5.91 Å². The highest BCUT2D eigenvalue weighted by molar-refractivity contribution is 5.77. The van der Waals surface area contributed by atoms with Gasteiger partial charge in [0.2, 0.25) is 5.91 Å². The smallest absolute Gasteiger partial charge is 0.223 e. The summed E-state index contributed by atoms with van der Waals surface area (Å²) in [5.41, 5.74) is 0.0157. The summed E-state index contributed by atoms with van der Waals surface area (Å²) in [6.45, 7) is 8.42. The fraction of sp³-hybridized carbons (Fsp3) is 0.933. The van der Waals surface area contributed by atoms with E-state index >= 15 is 0 Å². The molecule has 3 heterocycles. The van der Waals surface area contributed by atoms with Crippen molar-refractivity contribution < 1.29 is 9.53 Å². The fourth-order valence-electron chi connectivity index (χ4n) is 4.14. The van der Waals surface area contributed by atoms with Crippen LogP contribution in [0.5, 0.6) is 0 Å². The molecule has 4 nitrogen and oxygen atoms in total. The Bertz CT molecular complexity index is 350. The molecule has 3 atom stereocenters. The number of likely N-dealkylation sites (tertiary alicyclic amines) is 1. The van der Waals surface area contributed by atoms with Crippen molar-refractivity contribution in [3.8, 4) is 0 Å². The second kappa shape index (κ2) is 5.06. The number of hydrogen-bond acceptors (Lipinski definition) is 3. The number of nitrogens with one attached hydrogen (secondary N) is 1. The van der Waals surface area contributed by atoms with Crippen molar-refractivity contribution in [2.24, 2.45) is 11.8 Å². The predicted molar refractivity (Wildman–Crippen MR) is 73.8 cm³/mol. The summed E-state index contributed by atoms with van der Waals surface area (Å²) in [4.78, 5) is 14.6. The first kappa shape index (κ1) is 13.4. The van der Waals surface area contributed by atoms with E-state index in [-0.39, 0.29) is 5.54 Å². The van der Waals surface area contributed by atoms with Crippen LogP contribution in [0.3, 0.4) is 0 Å². The van der Waals surface area contributed by atoms with Crippen LogP contribution < -0.4 is 5.32 Å². The van der Waals surface area contributed by atoms with Crippen molar-refractivity contribution in [2.45, 2.75) is 51.2 Å². The molecule has 3 saturated heterocycles. The predicted octanol–water partition coefficient (Wildman–Crippen LogP) is 1.40. The average molecular weight is 266 g/mol.